The zero-order valence-corrected chi connectivity index (χ0v) is 13.0. The molecule has 0 bridgehead atoms. The summed E-state index contributed by atoms with van der Waals surface area (Å²) in [5, 5.41) is 20.4. The van der Waals surface area contributed by atoms with Crippen LogP contribution in [0, 0.1) is 5.82 Å². The van der Waals surface area contributed by atoms with Gasteiger partial charge in [-0.05, 0) is 29.3 Å². The van der Waals surface area contributed by atoms with Gasteiger partial charge in [0.15, 0.2) is 0 Å². The molecular formula is C17H18FN5O. The summed E-state index contributed by atoms with van der Waals surface area (Å²) in [6.45, 7) is 1.03. The van der Waals surface area contributed by atoms with Crippen LogP contribution in [0.1, 0.15) is 5.56 Å². The Kier molecular flexibility index (Phi) is 5.25. The van der Waals surface area contributed by atoms with Crippen molar-refractivity contribution in [2.24, 2.45) is 0 Å². The number of nitrogens with one attached hydrogen (secondary N) is 1. The number of aromatic nitrogens is 4. The number of hydrogen-bond acceptors (Lipinski definition) is 5. The summed E-state index contributed by atoms with van der Waals surface area (Å²) in [6.07, 6.45) is 5.98. The average molecular weight is 327 g/mol. The molecule has 0 spiro atoms. The van der Waals surface area contributed by atoms with Gasteiger partial charge in [-0.25, -0.2) is 9.07 Å². The Hall–Kier alpha value is -2.64. The number of nitrogens with zero attached hydrogens (tertiary/aromatic N) is 4. The van der Waals surface area contributed by atoms with Crippen LogP contribution in [0.15, 0.2) is 55.1 Å². The van der Waals surface area contributed by atoms with Gasteiger partial charge in [-0.15, -0.1) is 5.10 Å². The van der Waals surface area contributed by atoms with Crippen LogP contribution in [-0.4, -0.2) is 37.7 Å². The van der Waals surface area contributed by atoms with Gasteiger partial charge in [0.2, 0.25) is 0 Å². The maximum Gasteiger partial charge on any atom is 0.128 e. The van der Waals surface area contributed by atoms with E-state index in [1.807, 2.05) is 18.2 Å². The molecule has 24 heavy (non-hydrogen) atoms. The lowest BCUT2D eigenvalue weighted by molar-refractivity contribution is 0.145. The van der Waals surface area contributed by atoms with Crippen molar-refractivity contribution in [1.29, 1.82) is 0 Å². The zero-order valence-electron chi connectivity index (χ0n) is 13.0. The van der Waals surface area contributed by atoms with Crippen LogP contribution >= 0.6 is 0 Å². The largest absolute Gasteiger partial charge is 0.390 e. The number of aliphatic hydroxyl groups is 1. The van der Waals surface area contributed by atoms with Crippen molar-refractivity contribution in [2.75, 3.05) is 6.54 Å². The van der Waals surface area contributed by atoms with Crippen molar-refractivity contribution in [3.05, 3.63) is 66.5 Å². The molecule has 6 nitrogen and oxygen atoms in total. The van der Waals surface area contributed by atoms with Crippen LogP contribution in [0.25, 0.3) is 11.1 Å². The minimum Gasteiger partial charge on any atom is -0.390 e. The predicted octanol–water partition coefficient (Wildman–Crippen LogP) is 1.63. The molecule has 7 heteroatoms. The van der Waals surface area contributed by atoms with E-state index in [0.717, 1.165) is 11.1 Å². The Bertz CT molecular complexity index is 764. The van der Waals surface area contributed by atoms with Gasteiger partial charge in [0.1, 0.15) is 5.82 Å². The number of aliphatic hydroxyl groups excluding tert-OH is 1. The highest BCUT2D eigenvalue weighted by Crippen LogP contribution is 2.21. The molecule has 2 heterocycles. The molecule has 124 valence electrons. The van der Waals surface area contributed by atoms with E-state index >= 15 is 0 Å². The lowest BCUT2D eigenvalue weighted by Crippen LogP contribution is -2.30. The highest BCUT2D eigenvalue weighted by atomic mass is 19.1. The molecule has 0 aliphatic carbocycles. The van der Waals surface area contributed by atoms with E-state index in [1.54, 1.807) is 35.5 Å². The SMILES string of the molecule is OC(CNCc1ccc(-c2ccncc2)cc1F)Cn1ccnn1. The fourth-order valence-electron chi connectivity index (χ4n) is 2.40. The first kappa shape index (κ1) is 16.2. The first-order valence-electron chi connectivity index (χ1n) is 7.64. The molecule has 2 N–H and O–H groups in total. The zero-order chi connectivity index (χ0) is 16.8. The summed E-state index contributed by atoms with van der Waals surface area (Å²) in [5.74, 6) is -0.275. The molecule has 3 aromatic rings. The molecule has 0 saturated carbocycles. The van der Waals surface area contributed by atoms with Crippen LogP contribution in [0.2, 0.25) is 0 Å². The molecule has 3 rings (SSSR count). The normalized spacial score (nSPS) is 12.2. The summed E-state index contributed by atoms with van der Waals surface area (Å²) in [4.78, 5) is 3.96. The summed E-state index contributed by atoms with van der Waals surface area (Å²) in [7, 11) is 0. The first-order chi connectivity index (χ1) is 11.7. The standard InChI is InChI=1S/C17H18FN5O/c18-17-9-14(13-3-5-19-6-4-13)1-2-15(17)10-20-11-16(24)12-23-8-7-21-22-23/h1-9,16,20,24H,10-12H2. The third-order valence-corrected chi connectivity index (χ3v) is 3.63. The number of benzene rings is 1. The van der Waals surface area contributed by atoms with Crippen molar-refractivity contribution >= 4 is 0 Å². The van der Waals surface area contributed by atoms with E-state index in [9.17, 15) is 9.50 Å². The van der Waals surface area contributed by atoms with Crippen molar-refractivity contribution in [3.63, 3.8) is 0 Å². The Balaban J connectivity index is 1.54. The Morgan fingerprint density at radius 2 is 1.96 bits per heavy atom. The topological polar surface area (TPSA) is 75.9 Å². The van der Waals surface area contributed by atoms with E-state index < -0.39 is 6.10 Å². The van der Waals surface area contributed by atoms with Crippen LogP contribution in [0.5, 0.6) is 0 Å². The van der Waals surface area contributed by atoms with Gasteiger partial charge < -0.3 is 10.4 Å². The maximum atomic E-state index is 14.2. The van der Waals surface area contributed by atoms with Crippen molar-refractivity contribution < 1.29 is 9.50 Å². The lowest BCUT2D eigenvalue weighted by Gasteiger charge is -2.12. The quantitative estimate of drug-likeness (QED) is 0.690. The Morgan fingerprint density at radius 3 is 2.67 bits per heavy atom. The Morgan fingerprint density at radius 1 is 1.12 bits per heavy atom. The highest BCUT2D eigenvalue weighted by molar-refractivity contribution is 5.63. The third-order valence-electron chi connectivity index (χ3n) is 3.63. The molecule has 1 unspecified atom stereocenters. The molecule has 0 fully saturated rings. The molecule has 1 atom stereocenters. The van der Waals surface area contributed by atoms with Crippen LogP contribution < -0.4 is 5.32 Å². The van der Waals surface area contributed by atoms with Crippen LogP contribution in [0.3, 0.4) is 0 Å². The molecule has 0 saturated heterocycles. The minimum absolute atomic E-state index is 0.275. The lowest BCUT2D eigenvalue weighted by atomic mass is 10.0. The molecular weight excluding hydrogens is 309 g/mol. The fourth-order valence-corrected chi connectivity index (χ4v) is 2.40. The van der Waals surface area contributed by atoms with Gasteiger partial charge in [-0.1, -0.05) is 17.3 Å². The molecule has 2 aromatic heterocycles. The van der Waals surface area contributed by atoms with Crippen molar-refractivity contribution in [1.82, 2.24) is 25.3 Å². The average Bonchev–Trinajstić information content (AvgIpc) is 3.10. The van der Waals surface area contributed by atoms with Gasteiger partial charge in [0, 0.05) is 37.2 Å². The van der Waals surface area contributed by atoms with Gasteiger partial charge in [0.25, 0.3) is 0 Å². The van der Waals surface area contributed by atoms with Gasteiger partial charge in [-0.2, -0.15) is 0 Å². The summed E-state index contributed by atoms with van der Waals surface area (Å²) >= 11 is 0. The van der Waals surface area contributed by atoms with Gasteiger partial charge >= 0.3 is 0 Å². The Labute approximate surface area is 139 Å². The highest BCUT2D eigenvalue weighted by Gasteiger charge is 2.08. The van der Waals surface area contributed by atoms with Gasteiger partial charge in [0.05, 0.1) is 18.8 Å². The summed E-state index contributed by atoms with van der Waals surface area (Å²) in [6, 6.07) is 8.82. The van der Waals surface area contributed by atoms with Gasteiger partial charge in [-0.3, -0.25) is 4.98 Å². The third kappa shape index (κ3) is 4.21. The van der Waals surface area contributed by atoms with E-state index in [2.05, 4.69) is 20.6 Å². The first-order valence-corrected chi connectivity index (χ1v) is 7.64. The molecule has 0 amide bonds. The van der Waals surface area contributed by atoms with E-state index in [-0.39, 0.29) is 5.82 Å². The van der Waals surface area contributed by atoms with Crippen LogP contribution in [0.4, 0.5) is 4.39 Å². The smallest absolute Gasteiger partial charge is 0.128 e. The van der Waals surface area contributed by atoms with Crippen molar-refractivity contribution in [2.45, 2.75) is 19.2 Å². The van der Waals surface area contributed by atoms with Crippen molar-refractivity contribution in [3.8, 4) is 11.1 Å². The predicted molar refractivity (Wildman–Crippen MR) is 87.4 cm³/mol. The minimum atomic E-state index is -0.620. The number of halogens is 1. The second-order valence-electron chi connectivity index (χ2n) is 5.45. The number of rotatable bonds is 7. The monoisotopic (exact) mass is 327 g/mol. The maximum absolute atomic E-state index is 14.2. The van der Waals surface area contributed by atoms with E-state index in [4.69, 9.17) is 0 Å². The summed E-state index contributed by atoms with van der Waals surface area (Å²) in [5.41, 5.74) is 2.29. The molecule has 0 aliphatic rings. The second-order valence-corrected chi connectivity index (χ2v) is 5.45. The fraction of sp³-hybridized carbons (Fsp3) is 0.235. The number of pyridine rings is 1. The summed E-state index contributed by atoms with van der Waals surface area (Å²) < 4.78 is 15.8. The second kappa shape index (κ2) is 7.76. The molecule has 1 aromatic carbocycles. The van der Waals surface area contributed by atoms with E-state index in [1.165, 1.54) is 6.07 Å². The van der Waals surface area contributed by atoms with E-state index in [0.29, 0.717) is 25.2 Å². The molecule has 0 radical (unpaired) electrons. The molecule has 0 aliphatic heterocycles. The number of hydrogen-bond donors (Lipinski definition) is 2. The van der Waals surface area contributed by atoms with Crippen LogP contribution in [-0.2, 0) is 13.1 Å².